The smallest absolute Gasteiger partial charge is 0.227 e. The number of aromatic nitrogens is 1. The van der Waals surface area contributed by atoms with Gasteiger partial charge in [0.2, 0.25) is 5.91 Å². The highest BCUT2D eigenvalue weighted by Crippen LogP contribution is 2.31. The largest absolute Gasteiger partial charge is 0.506 e. The molecule has 1 fully saturated rings. The van der Waals surface area contributed by atoms with Crippen LogP contribution in [0.3, 0.4) is 0 Å². The van der Waals surface area contributed by atoms with Crippen LogP contribution in [0, 0.1) is 5.92 Å². The van der Waals surface area contributed by atoms with Gasteiger partial charge in [0.05, 0.1) is 11.2 Å². The Morgan fingerprint density at radius 2 is 1.93 bits per heavy atom. The first-order chi connectivity index (χ1) is 13.1. The molecule has 0 bridgehead atoms. The van der Waals surface area contributed by atoms with Gasteiger partial charge in [-0.3, -0.25) is 9.78 Å². The minimum Gasteiger partial charge on any atom is -0.506 e. The summed E-state index contributed by atoms with van der Waals surface area (Å²) in [4.78, 5) is 19.3. The van der Waals surface area contributed by atoms with Crippen molar-refractivity contribution in [2.75, 3.05) is 23.3 Å². The van der Waals surface area contributed by atoms with E-state index < -0.39 is 0 Å². The van der Waals surface area contributed by atoms with Gasteiger partial charge in [-0.25, -0.2) is 0 Å². The molecular weight excluding hydrogens is 406 g/mol. The van der Waals surface area contributed by atoms with E-state index >= 15 is 0 Å². The number of para-hydroxylation sites is 2. The fourth-order valence-electron chi connectivity index (χ4n) is 3.58. The lowest BCUT2D eigenvalue weighted by molar-refractivity contribution is -0.120. The van der Waals surface area contributed by atoms with E-state index in [1.807, 2.05) is 24.4 Å². The molecule has 1 amide bonds. The molecule has 27 heavy (non-hydrogen) atoms. The van der Waals surface area contributed by atoms with Crippen molar-refractivity contribution >= 4 is 44.1 Å². The summed E-state index contributed by atoms with van der Waals surface area (Å²) >= 11 is 3.49. The number of anilines is 2. The summed E-state index contributed by atoms with van der Waals surface area (Å²) in [7, 11) is 0. The normalized spacial score (nSPS) is 15.1. The van der Waals surface area contributed by atoms with Gasteiger partial charge in [0, 0.05) is 40.8 Å². The van der Waals surface area contributed by atoms with Crippen molar-refractivity contribution in [1.29, 1.82) is 0 Å². The summed E-state index contributed by atoms with van der Waals surface area (Å²) in [5, 5.41) is 13.8. The molecule has 4 rings (SSSR count). The van der Waals surface area contributed by atoms with Crippen molar-refractivity contribution in [2.24, 2.45) is 5.92 Å². The third-order valence-corrected chi connectivity index (χ3v) is 5.54. The van der Waals surface area contributed by atoms with Gasteiger partial charge in [0.25, 0.3) is 0 Å². The summed E-state index contributed by atoms with van der Waals surface area (Å²) in [5.74, 6) is 0.0143. The predicted octanol–water partition coefficient (Wildman–Crippen LogP) is 4.56. The predicted molar refractivity (Wildman–Crippen MR) is 111 cm³/mol. The number of carbonyl (C=O) groups is 1. The van der Waals surface area contributed by atoms with Gasteiger partial charge in [-0.15, -0.1) is 0 Å². The second kappa shape index (κ2) is 7.56. The molecule has 5 nitrogen and oxygen atoms in total. The van der Waals surface area contributed by atoms with E-state index in [1.54, 1.807) is 24.3 Å². The van der Waals surface area contributed by atoms with Gasteiger partial charge in [-0.1, -0.05) is 28.1 Å². The van der Waals surface area contributed by atoms with Crippen molar-refractivity contribution in [3.63, 3.8) is 0 Å². The fourth-order valence-corrected chi connectivity index (χ4v) is 3.93. The Balaban J connectivity index is 1.45. The van der Waals surface area contributed by atoms with Crippen LogP contribution in [0.4, 0.5) is 11.4 Å². The maximum atomic E-state index is 12.6. The molecule has 3 aromatic rings. The molecule has 2 N–H and O–H groups in total. The molecule has 2 heterocycles. The highest BCUT2D eigenvalue weighted by molar-refractivity contribution is 9.10. The Hall–Kier alpha value is -2.60. The molecule has 0 unspecified atom stereocenters. The molecule has 1 aliphatic heterocycles. The number of nitrogens with one attached hydrogen (secondary N) is 1. The second-order valence-electron chi connectivity index (χ2n) is 6.76. The van der Waals surface area contributed by atoms with Crippen LogP contribution in [-0.4, -0.2) is 29.1 Å². The number of halogens is 1. The van der Waals surface area contributed by atoms with Crippen molar-refractivity contribution in [2.45, 2.75) is 12.8 Å². The average Bonchev–Trinajstić information content (AvgIpc) is 2.69. The first kappa shape index (κ1) is 17.8. The molecule has 0 spiro atoms. The minimum absolute atomic E-state index is 0.0281. The second-order valence-corrected chi connectivity index (χ2v) is 7.67. The van der Waals surface area contributed by atoms with Crippen molar-refractivity contribution in [3.8, 4) is 5.75 Å². The van der Waals surface area contributed by atoms with Gasteiger partial charge >= 0.3 is 0 Å². The molecule has 138 valence electrons. The molecule has 0 atom stereocenters. The molecule has 0 saturated carbocycles. The maximum Gasteiger partial charge on any atom is 0.227 e. The highest BCUT2D eigenvalue weighted by atomic mass is 79.9. The highest BCUT2D eigenvalue weighted by Gasteiger charge is 2.26. The molecule has 0 aliphatic carbocycles. The quantitative estimate of drug-likeness (QED) is 0.603. The third kappa shape index (κ3) is 3.76. The molecule has 6 heteroatoms. The number of amides is 1. The van der Waals surface area contributed by atoms with Crippen LogP contribution in [-0.2, 0) is 4.79 Å². The van der Waals surface area contributed by atoms with E-state index in [0.29, 0.717) is 5.69 Å². The van der Waals surface area contributed by atoms with Crippen LogP contribution < -0.4 is 10.2 Å². The molecule has 1 saturated heterocycles. The van der Waals surface area contributed by atoms with Gasteiger partial charge in [-0.2, -0.15) is 0 Å². The Morgan fingerprint density at radius 1 is 1.15 bits per heavy atom. The standard InChI is InChI=1S/C21H20BrN3O2/c22-15-5-6-16-18(13-15)23-10-7-19(16)25-11-8-14(9-12-25)21(27)24-17-3-1-2-4-20(17)26/h1-7,10,13-14,26H,8-9,11-12H2,(H,24,27). The Kier molecular flexibility index (Phi) is 4.99. The van der Waals surface area contributed by atoms with Crippen molar-refractivity contribution in [1.82, 2.24) is 4.98 Å². The van der Waals surface area contributed by atoms with Crippen LogP contribution >= 0.6 is 15.9 Å². The molecule has 2 aromatic carbocycles. The fraction of sp³-hybridized carbons (Fsp3) is 0.238. The van der Waals surface area contributed by atoms with Crippen molar-refractivity contribution in [3.05, 3.63) is 59.2 Å². The number of fused-ring (bicyclic) bond motifs is 1. The monoisotopic (exact) mass is 425 g/mol. The first-order valence-electron chi connectivity index (χ1n) is 9.00. The van der Waals surface area contributed by atoms with E-state index in [1.165, 1.54) is 0 Å². The summed E-state index contributed by atoms with van der Waals surface area (Å²) in [5.41, 5.74) is 2.59. The van der Waals surface area contributed by atoms with E-state index in [2.05, 4.69) is 37.2 Å². The summed E-state index contributed by atoms with van der Waals surface area (Å²) in [6, 6.07) is 15.0. The zero-order chi connectivity index (χ0) is 18.8. The number of benzene rings is 2. The van der Waals surface area contributed by atoms with Gasteiger partial charge < -0.3 is 15.3 Å². The van der Waals surface area contributed by atoms with E-state index in [9.17, 15) is 9.90 Å². The number of phenolic OH excluding ortho intramolecular Hbond substituents is 1. The number of carbonyl (C=O) groups excluding carboxylic acids is 1. The van der Waals surface area contributed by atoms with Gasteiger partial charge in [-0.05, 0) is 49.2 Å². The summed E-state index contributed by atoms with van der Waals surface area (Å²) in [6.07, 6.45) is 3.39. The number of phenols is 1. The lowest BCUT2D eigenvalue weighted by Crippen LogP contribution is -2.38. The third-order valence-electron chi connectivity index (χ3n) is 5.05. The van der Waals surface area contributed by atoms with Crippen LogP contribution in [0.5, 0.6) is 5.75 Å². The van der Waals surface area contributed by atoms with Gasteiger partial charge in [0.15, 0.2) is 0 Å². The number of rotatable bonds is 3. The number of hydrogen-bond acceptors (Lipinski definition) is 4. The van der Waals surface area contributed by atoms with Gasteiger partial charge in [0.1, 0.15) is 5.75 Å². The molecule has 1 aliphatic rings. The van der Waals surface area contributed by atoms with E-state index in [-0.39, 0.29) is 17.6 Å². The van der Waals surface area contributed by atoms with E-state index in [4.69, 9.17) is 0 Å². The molecule has 1 aromatic heterocycles. The number of piperidine rings is 1. The maximum absolute atomic E-state index is 12.6. The van der Waals surface area contributed by atoms with Crippen LogP contribution in [0.25, 0.3) is 10.9 Å². The number of hydrogen-bond donors (Lipinski definition) is 2. The Labute approximate surface area is 166 Å². The Morgan fingerprint density at radius 3 is 2.70 bits per heavy atom. The number of aromatic hydroxyl groups is 1. The molecule has 0 radical (unpaired) electrons. The number of nitrogens with zero attached hydrogens (tertiary/aromatic N) is 2. The average molecular weight is 426 g/mol. The summed E-state index contributed by atoms with van der Waals surface area (Å²) < 4.78 is 1.01. The lowest BCUT2D eigenvalue weighted by atomic mass is 9.95. The lowest BCUT2D eigenvalue weighted by Gasteiger charge is -2.33. The topological polar surface area (TPSA) is 65.5 Å². The zero-order valence-corrected chi connectivity index (χ0v) is 16.3. The van der Waals surface area contributed by atoms with Crippen LogP contribution in [0.2, 0.25) is 0 Å². The van der Waals surface area contributed by atoms with E-state index in [0.717, 1.165) is 47.0 Å². The molecular formula is C21H20BrN3O2. The van der Waals surface area contributed by atoms with Crippen LogP contribution in [0.1, 0.15) is 12.8 Å². The Bertz CT molecular complexity index is 984. The van der Waals surface area contributed by atoms with Crippen LogP contribution in [0.15, 0.2) is 59.2 Å². The first-order valence-corrected chi connectivity index (χ1v) is 9.79. The zero-order valence-electron chi connectivity index (χ0n) is 14.7. The summed E-state index contributed by atoms with van der Waals surface area (Å²) in [6.45, 7) is 1.63. The van der Waals surface area contributed by atoms with Crippen molar-refractivity contribution < 1.29 is 9.90 Å². The SMILES string of the molecule is O=C(Nc1ccccc1O)C1CCN(c2ccnc3cc(Br)ccc23)CC1. The minimum atomic E-state index is -0.0527. The number of pyridine rings is 1.